The van der Waals surface area contributed by atoms with Crippen molar-refractivity contribution in [3.63, 3.8) is 0 Å². The van der Waals surface area contributed by atoms with Crippen molar-refractivity contribution in [2.75, 3.05) is 12.3 Å². The number of benzene rings is 10. The first kappa shape index (κ1) is 46.2. The van der Waals surface area contributed by atoms with Crippen LogP contribution in [0.15, 0.2) is 231 Å². The molecule has 0 aliphatic carbocycles. The Morgan fingerprint density at radius 1 is 0.306 bits per heavy atom. The fourth-order valence-corrected chi connectivity index (χ4v) is 14.2. The Morgan fingerprint density at radius 3 is 0.903 bits per heavy atom. The van der Waals surface area contributed by atoms with Crippen molar-refractivity contribution < 1.29 is 44.8 Å². The molecule has 10 aromatic rings. The first-order valence-electron chi connectivity index (χ1n) is 20.3. The maximum absolute atomic E-state index is 7.35. The molecule has 0 spiro atoms. The third-order valence-corrected chi connectivity index (χ3v) is 17.0. The third-order valence-electron chi connectivity index (χ3n) is 10.9. The van der Waals surface area contributed by atoms with Gasteiger partial charge in [-0.15, -0.1) is 23.3 Å². The van der Waals surface area contributed by atoms with Crippen molar-refractivity contribution in [1.29, 1.82) is 0 Å². The van der Waals surface area contributed by atoms with Gasteiger partial charge in [0.05, 0.1) is 37.1 Å². The average Bonchev–Trinajstić information content (AvgIpc) is 3.34. The van der Waals surface area contributed by atoms with E-state index in [1.807, 2.05) is 48.5 Å². The summed E-state index contributed by atoms with van der Waals surface area (Å²) in [7, 11) is -1.57. The molecule has 0 aliphatic heterocycles. The number of hydrogen-bond acceptors (Lipinski definition) is 0. The molecule has 0 nitrogen and oxygen atoms in total. The second-order valence-corrected chi connectivity index (χ2v) is 19.8. The van der Waals surface area contributed by atoms with Gasteiger partial charge in [0.1, 0.15) is 12.3 Å². The molecule has 0 heterocycles. The van der Waals surface area contributed by atoms with Gasteiger partial charge in [-0.1, -0.05) is 181 Å². The van der Waals surface area contributed by atoms with E-state index in [-0.39, 0.29) is 44.8 Å². The summed E-state index contributed by atoms with van der Waals surface area (Å²) in [4.78, 5) is 0. The Bertz CT molecular complexity index is 2780. The fourth-order valence-electron chi connectivity index (χ4n) is 8.04. The van der Waals surface area contributed by atoms with Crippen LogP contribution in [0, 0.1) is 24.7 Å². The molecule has 4 heteroatoms. The van der Waals surface area contributed by atoms with Crippen LogP contribution in [-0.4, -0.2) is 12.3 Å². The normalized spacial score (nSPS) is 10.4. The largest absolute Gasteiger partial charge is 1.00 e. The summed E-state index contributed by atoms with van der Waals surface area (Å²) in [6, 6.07) is 81.4. The van der Waals surface area contributed by atoms with E-state index < -0.39 is 15.8 Å². The molecule has 306 valence electrons. The van der Waals surface area contributed by atoms with E-state index >= 15 is 0 Å². The minimum atomic E-state index is -0.783. The van der Waals surface area contributed by atoms with Crippen LogP contribution < -0.4 is 21.2 Å². The zero-order chi connectivity index (χ0) is 40.9. The van der Waals surface area contributed by atoms with E-state index in [2.05, 4.69) is 194 Å². The fraction of sp³-hybridized carbons (Fsp3) is 0.0345. The zero-order valence-electron chi connectivity index (χ0n) is 34.0. The van der Waals surface area contributed by atoms with Crippen LogP contribution in [0.5, 0.6) is 0 Å². The second-order valence-electron chi connectivity index (χ2n) is 14.6. The number of rotatable bonds is 7. The maximum Gasteiger partial charge on any atom is 1.00 e. The zero-order valence-corrected chi connectivity index (χ0v) is 39.6. The minimum Gasteiger partial charge on any atom is -0.366 e. The van der Waals surface area contributed by atoms with Crippen LogP contribution in [0.3, 0.4) is 0 Å². The Kier molecular flexibility index (Phi) is 17.3. The topological polar surface area (TPSA) is 0 Å². The van der Waals surface area contributed by atoms with Crippen LogP contribution in [0.25, 0.3) is 43.1 Å². The third kappa shape index (κ3) is 11.0. The molecule has 0 amide bonds. The number of hydrogen-bond donors (Lipinski definition) is 0. The van der Waals surface area contributed by atoms with E-state index in [0.717, 1.165) is 32.7 Å². The van der Waals surface area contributed by atoms with E-state index in [9.17, 15) is 0 Å². The van der Waals surface area contributed by atoms with Crippen LogP contribution in [0.2, 0.25) is 0 Å². The molecule has 10 rings (SSSR count). The van der Waals surface area contributed by atoms with Crippen LogP contribution in [0.1, 0.15) is 11.1 Å². The summed E-state index contributed by atoms with van der Waals surface area (Å²) < 4.78 is 0. The molecule has 0 atom stereocenters. The predicted molar refractivity (Wildman–Crippen MR) is 266 cm³/mol. The molecule has 0 saturated heterocycles. The Morgan fingerprint density at radius 2 is 0.581 bits per heavy atom. The molecule has 0 saturated carbocycles. The molecule has 0 aliphatic rings. The molecule has 0 unspecified atom stereocenters. The minimum absolute atomic E-state index is 0. The standard InChI is InChI=1S/C26H24P2.2C16H9.Ag.Au/c1-5-13-23(14-6-1)27(24-15-7-2-8-16-24)21-22-28(25-17-9-3-10-18-25)26-19-11-4-12-20-26;2*1-2-12-7-5-8-14-11-10-13-6-3-4-9-15(13)16(12)14;;/h1-20H,21-22H2;2*3-11H;;/q;2*-1;2*+1/p+2. The summed E-state index contributed by atoms with van der Waals surface area (Å²) in [5.41, 5.74) is 1.71. The van der Waals surface area contributed by atoms with Gasteiger partial charge in [-0.25, -0.2) is 0 Å². The molecular weight excluding hydrogens is 1060 g/mol. The van der Waals surface area contributed by atoms with Crippen LogP contribution in [0.4, 0.5) is 0 Å². The molecule has 62 heavy (non-hydrogen) atoms. The Labute approximate surface area is 400 Å². The van der Waals surface area contributed by atoms with E-state index in [4.69, 9.17) is 12.8 Å². The first-order chi connectivity index (χ1) is 29.7. The molecule has 0 bridgehead atoms. The average molecular weight is 1110 g/mol. The van der Waals surface area contributed by atoms with Crippen LogP contribution >= 0.6 is 15.8 Å². The van der Waals surface area contributed by atoms with Gasteiger partial charge in [-0.3, -0.25) is 11.8 Å². The molecule has 0 fully saturated rings. The van der Waals surface area contributed by atoms with Crippen molar-refractivity contribution in [3.05, 3.63) is 254 Å². The van der Waals surface area contributed by atoms with Crippen molar-refractivity contribution in [1.82, 2.24) is 0 Å². The van der Waals surface area contributed by atoms with Crippen molar-refractivity contribution >= 4 is 80.2 Å². The number of fused-ring (bicyclic) bond motifs is 6. The summed E-state index contributed by atoms with van der Waals surface area (Å²) >= 11 is 0. The molecule has 0 radical (unpaired) electrons. The van der Waals surface area contributed by atoms with Crippen LogP contribution in [-0.2, 0) is 44.8 Å². The van der Waals surface area contributed by atoms with Gasteiger partial charge >= 0.3 is 44.8 Å². The van der Waals surface area contributed by atoms with Gasteiger partial charge in [0.25, 0.3) is 0 Å². The second kappa shape index (κ2) is 23.2. The van der Waals surface area contributed by atoms with Crippen molar-refractivity contribution in [2.24, 2.45) is 0 Å². The Hall–Kier alpha value is -5.30. The van der Waals surface area contributed by atoms with Gasteiger partial charge < -0.3 is 12.8 Å². The van der Waals surface area contributed by atoms with Gasteiger partial charge in [-0.05, 0) is 80.8 Å². The monoisotopic (exact) mass is 1110 g/mol. The summed E-state index contributed by atoms with van der Waals surface area (Å²) in [5.74, 6) is 5.02. The first-order valence-corrected chi connectivity index (χ1v) is 23.7. The smallest absolute Gasteiger partial charge is 0.366 e. The van der Waals surface area contributed by atoms with E-state index in [0.29, 0.717) is 0 Å². The summed E-state index contributed by atoms with van der Waals surface area (Å²) in [5, 5.41) is 15.4. The SMILES string of the molecule is [Ag+].[Au+].[C-]#Cc1cccc2ccc3ccccc3c12.[C-]#Cc1cccc2ccc3ccccc3c12.c1ccc([PH+](CC[PH+](c2ccccc2)c2ccccc2)c2ccccc2)cc1. The predicted octanol–water partition coefficient (Wildman–Crippen LogP) is 12.6. The van der Waals surface area contributed by atoms with Gasteiger partial charge in [0, 0.05) is 0 Å². The van der Waals surface area contributed by atoms with Crippen molar-refractivity contribution in [3.8, 4) is 11.8 Å². The van der Waals surface area contributed by atoms with Gasteiger partial charge in [-0.2, -0.15) is 0 Å². The molecule has 10 aromatic carbocycles. The Balaban J connectivity index is 0.000000162. The molecular formula is C58H44AgAuP2+2. The maximum atomic E-state index is 7.35. The summed E-state index contributed by atoms with van der Waals surface area (Å²) in [6.07, 6.45) is 17.2. The summed E-state index contributed by atoms with van der Waals surface area (Å²) in [6.45, 7) is 0. The van der Waals surface area contributed by atoms with Gasteiger partial charge in [0.15, 0.2) is 0 Å². The van der Waals surface area contributed by atoms with Crippen molar-refractivity contribution in [2.45, 2.75) is 0 Å². The molecule has 0 aromatic heterocycles. The quantitative estimate of drug-likeness (QED) is 0.0491. The molecule has 0 N–H and O–H groups in total. The van der Waals surface area contributed by atoms with E-state index in [1.54, 1.807) is 0 Å². The van der Waals surface area contributed by atoms with E-state index in [1.165, 1.54) is 55.1 Å². The van der Waals surface area contributed by atoms with Gasteiger partial charge in [0.2, 0.25) is 0 Å².